The number of ether oxygens (including phenoxy) is 1. The third-order valence-electron chi connectivity index (χ3n) is 4.37. The number of carbonyl (C=O) groups excluding carboxylic acids is 1. The first kappa shape index (κ1) is 18.9. The van der Waals surface area contributed by atoms with E-state index in [9.17, 15) is 10.1 Å². The van der Waals surface area contributed by atoms with Crippen LogP contribution in [0.25, 0.3) is 11.8 Å². The lowest BCUT2D eigenvalue weighted by molar-refractivity contribution is -0.112. The van der Waals surface area contributed by atoms with Gasteiger partial charge < -0.3 is 14.6 Å². The molecule has 3 rings (SSSR count). The quantitative estimate of drug-likeness (QED) is 0.541. The van der Waals surface area contributed by atoms with Crippen molar-refractivity contribution in [2.24, 2.45) is 0 Å². The van der Waals surface area contributed by atoms with E-state index in [4.69, 9.17) is 4.74 Å². The van der Waals surface area contributed by atoms with Gasteiger partial charge in [0.2, 0.25) is 0 Å². The monoisotopic (exact) mass is 372 g/mol. The van der Waals surface area contributed by atoms with Gasteiger partial charge in [0.25, 0.3) is 5.91 Å². The molecule has 0 aliphatic heterocycles. The van der Waals surface area contributed by atoms with Crippen molar-refractivity contribution in [3.8, 4) is 17.5 Å². The second kappa shape index (κ2) is 8.23. The number of pyridine rings is 1. The van der Waals surface area contributed by atoms with Crippen LogP contribution >= 0.6 is 0 Å². The minimum atomic E-state index is -0.490. The van der Waals surface area contributed by atoms with Gasteiger partial charge in [-0.15, -0.1) is 0 Å². The van der Waals surface area contributed by atoms with Crippen molar-refractivity contribution < 1.29 is 9.53 Å². The van der Waals surface area contributed by atoms with Gasteiger partial charge in [-0.2, -0.15) is 5.26 Å². The third kappa shape index (κ3) is 3.94. The molecular formula is C22H20N4O2. The average molecular weight is 372 g/mol. The Bertz CT molecular complexity index is 1060. The molecule has 1 N–H and O–H groups in total. The molecule has 0 unspecified atom stereocenters. The summed E-state index contributed by atoms with van der Waals surface area (Å²) >= 11 is 0. The number of nitrogens with zero attached hydrogens (tertiary/aromatic N) is 3. The number of aromatic nitrogens is 2. The molecule has 1 amide bonds. The lowest BCUT2D eigenvalue weighted by Crippen LogP contribution is -2.14. The van der Waals surface area contributed by atoms with Crippen LogP contribution in [0.2, 0.25) is 0 Å². The van der Waals surface area contributed by atoms with Crippen molar-refractivity contribution in [3.63, 3.8) is 0 Å². The predicted molar refractivity (Wildman–Crippen MR) is 108 cm³/mol. The van der Waals surface area contributed by atoms with Crippen molar-refractivity contribution in [1.82, 2.24) is 9.55 Å². The Balaban J connectivity index is 1.92. The van der Waals surface area contributed by atoms with Crippen LogP contribution in [0.15, 0.2) is 60.3 Å². The highest BCUT2D eigenvalue weighted by molar-refractivity contribution is 6.09. The van der Waals surface area contributed by atoms with Gasteiger partial charge in [0, 0.05) is 23.3 Å². The molecule has 0 spiro atoms. The number of rotatable bonds is 5. The van der Waals surface area contributed by atoms with E-state index in [1.165, 1.54) is 0 Å². The molecular weight excluding hydrogens is 352 g/mol. The maximum atomic E-state index is 12.4. The number of aryl methyl sites for hydroxylation is 1. The summed E-state index contributed by atoms with van der Waals surface area (Å²) in [7, 11) is 1.63. The molecule has 6 nitrogen and oxygen atoms in total. The van der Waals surface area contributed by atoms with Crippen LogP contribution in [-0.4, -0.2) is 22.6 Å². The van der Waals surface area contributed by atoms with E-state index < -0.39 is 5.91 Å². The molecule has 140 valence electrons. The number of nitrogens with one attached hydrogen (secondary N) is 1. The Labute approximate surface area is 163 Å². The predicted octanol–water partition coefficient (Wildman–Crippen LogP) is 4.04. The molecule has 0 radical (unpaired) electrons. The van der Waals surface area contributed by atoms with Gasteiger partial charge in [0.05, 0.1) is 7.11 Å². The molecule has 0 aliphatic carbocycles. The van der Waals surface area contributed by atoms with Crippen LogP contribution in [0, 0.1) is 25.2 Å². The average Bonchev–Trinajstić information content (AvgIpc) is 3.00. The normalized spacial score (nSPS) is 11.0. The molecule has 2 aromatic heterocycles. The Hall–Kier alpha value is -3.85. The lowest BCUT2D eigenvalue weighted by atomic mass is 10.1. The van der Waals surface area contributed by atoms with E-state index >= 15 is 0 Å². The maximum Gasteiger partial charge on any atom is 0.267 e. The van der Waals surface area contributed by atoms with Crippen molar-refractivity contribution in [1.29, 1.82) is 5.26 Å². The van der Waals surface area contributed by atoms with E-state index in [-0.39, 0.29) is 5.57 Å². The number of hydrogen-bond donors (Lipinski definition) is 1. The van der Waals surface area contributed by atoms with Crippen LogP contribution in [0.5, 0.6) is 5.75 Å². The van der Waals surface area contributed by atoms with Crippen molar-refractivity contribution in [3.05, 3.63) is 77.3 Å². The zero-order valence-corrected chi connectivity index (χ0v) is 15.9. The fourth-order valence-corrected chi connectivity index (χ4v) is 2.99. The van der Waals surface area contributed by atoms with Crippen molar-refractivity contribution in [2.75, 3.05) is 12.4 Å². The minimum absolute atomic E-state index is 0.0145. The molecule has 3 aromatic rings. The summed E-state index contributed by atoms with van der Waals surface area (Å²) in [5.41, 5.74) is 3.73. The Morgan fingerprint density at radius 1 is 1.21 bits per heavy atom. The first-order valence-corrected chi connectivity index (χ1v) is 8.71. The van der Waals surface area contributed by atoms with Gasteiger partial charge in [-0.05, 0) is 68.0 Å². The fraction of sp³-hybridized carbons (Fsp3) is 0.136. The third-order valence-corrected chi connectivity index (χ3v) is 4.37. The van der Waals surface area contributed by atoms with Crippen molar-refractivity contribution in [2.45, 2.75) is 13.8 Å². The number of anilines is 1. The number of hydrogen-bond acceptors (Lipinski definition) is 4. The molecule has 0 saturated carbocycles. The Morgan fingerprint density at radius 2 is 1.96 bits per heavy atom. The lowest BCUT2D eigenvalue weighted by Gasteiger charge is -2.10. The number of methoxy groups -OCH3 is 1. The van der Waals surface area contributed by atoms with Gasteiger partial charge in [0.15, 0.2) is 0 Å². The van der Waals surface area contributed by atoms with Gasteiger partial charge >= 0.3 is 0 Å². The number of nitriles is 1. The zero-order chi connectivity index (χ0) is 20.1. The topological polar surface area (TPSA) is 79.9 Å². The summed E-state index contributed by atoms with van der Waals surface area (Å²) in [4.78, 5) is 16.5. The summed E-state index contributed by atoms with van der Waals surface area (Å²) < 4.78 is 7.28. The van der Waals surface area contributed by atoms with Crippen molar-refractivity contribution >= 4 is 17.8 Å². The number of benzene rings is 1. The maximum absolute atomic E-state index is 12.4. The zero-order valence-electron chi connectivity index (χ0n) is 15.9. The molecule has 0 fully saturated rings. The molecule has 6 heteroatoms. The molecule has 1 aromatic carbocycles. The smallest absolute Gasteiger partial charge is 0.267 e. The number of carbonyl (C=O) groups is 1. The largest absolute Gasteiger partial charge is 0.497 e. The second-order valence-electron chi connectivity index (χ2n) is 6.20. The Morgan fingerprint density at radius 3 is 2.57 bits per heavy atom. The van der Waals surface area contributed by atoms with E-state index in [1.54, 1.807) is 37.6 Å². The summed E-state index contributed by atoms with van der Waals surface area (Å²) in [5.74, 6) is 0.692. The summed E-state index contributed by atoms with van der Waals surface area (Å²) in [6.45, 7) is 3.93. The standard InChI is InChI=1S/C22H20N4O2/c1-15-12-17(16(2)26(15)19-7-9-20(28-3)10-8-19)13-18(14-23)22(27)25-21-6-4-5-11-24-21/h4-13H,1-3H3,(H,24,25,27)/b18-13-. The minimum Gasteiger partial charge on any atom is -0.497 e. The second-order valence-corrected chi connectivity index (χ2v) is 6.20. The van der Waals surface area contributed by atoms with E-state index in [0.717, 1.165) is 28.4 Å². The molecule has 0 aliphatic rings. The van der Waals surface area contributed by atoms with Crippen LogP contribution in [-0.2, 0) is 4.79 Å². The summed E-state index contributed by atoms with van der Waals surface area (Å²) in [5, 5.41) is 12.1. The highest BCUT2D eigenvalue weighted by atomic mass is 16.5. The van der Waals surface area contributed by atoms with Crippen LogP contribution in [0.1, 0.15) is 17.0 Å². The molecule has 2 heterocycles. The van der Waals surface area contributed by atoms with Crippen LogP contribution in [0.4, 0.5) is 5.82 Å². The number of amides is 1. The van der Waals surface area contributed by atoms with Gasteiger partial charge in [-0.3, -0.25) is 4.79 Å². The van der Waals surface area contributed by atoms with Gasteiger partial charge in [0.1, 0.15) is 23.2 Å². The SMILES string of the molecule is COc1ccc(-n2c(C)cc(/C=C(/C#N)C(=O)Nc3ccccn3)c2C)cc1. The first-order valence-electron chi connectivity index (χ1n) is 8.71. The van der Waals surface area contributed by atoms with Gasteiger partial charge in [-0.1, -0.05) is 6.07 Å². The summed E-state index contributed by atoms with van der Waals surface area (Å²) in [6.07, 6.45) is 3.18. The van der Waals surface area contributed by atoms with Gasteiger partial charge in [-0.25, -0.2) is 4.98 Å². The van der Waals surface area contributed by atoms with E-state index in [1.807, 2.05) is 50.2 Å². The van der Waals surface area contributed by atoms with E-state index in [0.29, 0.717) is 5.82 Å². The van der Waals surface area contributed by atoms with Crippen LogP contribution < -0.4 is 10.1 Å². The fourth-order valence-electron chi connectivity index (χ4n) is 2.99. The van der Waals surface area contributed by atoms with E-state index in [2.05, 4.69) is 14.9 Å². The molecule has 0 bridgehead atoms. The Kier molecular flexibility index (Phi) is 5.56. The summed E-state index contributed by atoms with van der Waals surface area (Å²) in [6, 6.07) is 16.8. The van der Waals surface area contributed by atoms with Crippen LogP contribution in [0.3, 0.4) is 0 Å². The molecule has 28 heavy (non-hydrogen) atoms. The first-order chi connectivity index (χ1) is 13.5. The highest BCUT2D eigenvalue weighted by Crippen LogP contribution is 2.24. The molecule has 0 atom stereocenters. The molecule has 0 saturated heterocycles. The highest BCUT2D eigenvalue weighted by Gasteiger charge is 2.14.